The first-order valence-electron chi connectivity index (χ1n) is 5.99. The molecule has 0 aliphatic carbocycles. The fraction of sp³-hybridized carbons (Fsp3) is 0.417. The zero-order valence-electron chi connectivity index (χ0n) is 11.9. The van der Waals surface area contributed by atoms with Gasteiger partial charge in [0.1, 0.15) is 0 Å². The van der Waals surface area contributed by atoms with Crippen LogP contribution in [0.3, 0.4) is 0 Å². The van der Waals surface area contributed by atoms with Crippen LogP contribution in [0.15, 0.2) is 12.1 Å². The van der Waals surface area contributed by atoms with Crippen LogP contribution in [0.25, 0.3) is 0 Å². The van der Waals surface area contributed by atoms with E-state index in [-0.39, 0.29) is 11.4 Å². The molecule has 0 bridgehead atoms. The fourth-order valence-corrected chi connectivity index (χ4v) is 2.34. The molecule has 7 nitrogen and oxygen atoms in total. The lowest BCUT2D eigenvalue weighted by Gasteiger charge is -2.15. The molecule has 1 rings (SSSR count). The number of hydrogen-bond acceptors (Lipinski definition) is 5. The van der Waals surface area contributed by atoms with Gasteiger partial charge in [-0.25, -0.2) is 9.52 Å². The molecule has 1 amide bonds. The highest BCUT2D eigenvalue weighted by molar-refractivity contribution is 7.91. The summed E-state index contributed by atoms with van der Waals surface area (Å²) < 4.78 is 32.4. The van der Waals surface area contributed by atoms with Gasteiger partial charge in [-0.3, -0.25) is 4.72 Å². The van der Waals surface area contributed by atoms with Gasteiger partial charge in [-0.1, -0.05) is 6.07 Å². The molecule has 0 atom stereocenters. The third-order valence-electron chi connectivity index (χ3n) is 2.56. The average Bonchev–Trinajstić information content (AvgIpc) is 2.27. The Morgan fingerprint density at radius 2 is 1.90 bits per heavy atom. The summed E-state index contributed by atoms with van der Waals surface area (Å²) in [7, 11) is -4.10. The van der Waals surface area contributed by atoms with E-state index in [9.17, 15) is 13.2 Å². The highest BCUT2D eigenvalue weighted by atomic mass is 32.2. The Morgan fingerprint density at radius 3 is 2.45 bits per heavy atom. The van der Waals surface area contributed by atoms with Crippen molar-refractivity contribution in [3.63, 3.8) is 0 Å². The van der Waals surface area contributed by atoms with Gasteiger partial charge in [0.2, 0.25) is 0 Å². The summed E-state index contributed by atoms with van der Waals surface area (Å²) >= 11 is 0. The van der Waals surface area contributed by atoms with Crippen LogP contribution in [0.2, 0.25) is 0 Å². The summed E-state index contributed by atoms with van der Waals surface area (Å²) in [5.41, 5.74) is 7.82. The molecule has 0 spiro atoms. The molecular formula is C12H19N3O4S. The number of anilines is 2. The number of rotatable bonds is 4. The Bertz CT molecular complexity index is 611. The molecule has 112 valence electrons. The molecule has 0 unspecified atom stereocenters. The monoisotopic (exact) mass is 301 g/mol. The van der Waals surface area contributed by atoms with Crippen LogP contribution < -0.4 is 15.2 Å². The zero-order valence-corrected chi connectivity index (χ0v) is 12.7. The first-order chi connectivity index (χ1) is 9.12. The van der Waals surface area contributed by atoms with Crippen molar-refractivity contribution >= 4 is 27.7 Å². The Kier molecular flexibility index (Phi) is 4.83. The van der Waals surface area contributed by atoms with E-state index >= 15 is 0 Å². The van der Waals surface area contributed by atoms with Gasteiger partial charge < -0.3 is 10.5 Å². The number of nitrogens with two attached hydrogens (primary N) is 1. The largest absolute Gasteiger partial charge is 0.446 e. The van der Waals surface area contributed by atoms with Gasteiger partial charge in [-0.15, -0.1) is 0 Å². The third kappa shape index (κ3) is 4.30. The molecular weight excluding hydrogens is 282 g/mol. The summed E-state index contributed by atoms with van der Waals surface area (Å²) in [5.74, 6) is 0. The zero-order chi connectivity index (χ0) is 15.5. The van der Waals surface area contributed by atoms with Crippen LogP contribution >= 0.6 is 0 Å². The number of benzene rings is 1. The maximum absolute atomic E-state index is 11.8. The second-order valence-corrected chi connectivity index (χ2v) is 6.05. The SMILES string of the molecule is Cc1ccc(N)c(NS(=O)(=O)NC(=O)OC(C)C)c1C. The second kappa shape index (κ2) is 6.00. The van der Waals surface area contributed by atoms with Crippen molar-refractivity contribution in [2.24, 2.45) is 0 Å². The molecule has 0 aromatic heterocycles. The number of amides is 1. The number of aryl methyl sites for hydroxylation is 1. The van der Waals surface area contributed by atoms with Gasteiger partial charge in [-0.05, 0) is 44.9 Å². The molecule has 20 heavy (non-hydrogen) atoms. The standard InChI is InChI=1S/C12H19N3O4S/c1-7(2)19-12(16)15-20(17,18)14-11-9(4)8(3)5-6-10(11)13/h5-7,14H,13H2,1-4H3,(H,15,16). The van der Waals surface area contributed by atoms with Crippen molar-refractivity contribution in [1.82, 2.24) is 4.72 Å². The topological polar surface area (TPSA) is 111 Å². The summed E-state index contributed by atoms with van der Waals surface area (Å²) in [6.07, 6.45) is -1.47. The van der Waals surface area contributed by atoms with Crippen molar-refractivity contribution in [3.8, 4) is 0 Å². The predicted molar refractivity (Wildman–Crippen MR) is 77.6 cm³/mol. The van der Waals surface area contributed by atoms with E-state index in [4.69, 9.17) is 10.5 Å². The molecule has 1 aromatic rings. The smallest absolute Gasteiger partial charge is 0.422 e. The highest BCUT2D eigenvalue weighted by Crippen LogP contribution is 2.26. The van der Waals surface area contributed by atoms with Crippen LogP contribution in [0.1, 0.15) is 25.0 Å². The van der Waals surface area contributed by atoms with E-state index in [2.05, 4.69) is 4.72 Å². The van der Waals surface area contributed by atoms with Gasteiger partial charge in [0, 0.05) is 0 Å². The van der Waals surface area contributed by atoms with Crippen LogP contribution in [0.4, 0.5) is 16.2 Å². The Labute approximate surface area is 118 Å². The molecule has 0 aliphatic rings. The van der Waals surface area contributed by atoms with Crippen molar-refractivity contribution in [1.29, 1.82) is 0 Å². The van der Waals surface area contributed by atoms with E-state index in [0.717, 1.165) is 5.56 Å². The highest BCUT2D eigenvalue weighted by Gasteiger charge is 2.19. The molecule has 0 aliphatic heterocycles. The Balaban J connectivity index is 2.92. The average molecular weight is 301 g/mol. The molecule has 0 radical (unpaired) electrons. The number of nitrogens with one attached hydrogen (secondary N) is 2. The van der Waals surface area contributed by atoms with E-state index in [1.54, 1.807) is 37.6 Å². The molecule has 0 saturated heterocycles. The minimum absolute atomic E-state index is 0.245. The summed E-state index contributed by atoms with van der Waals surface area (Å²) in [6, 6.07) is 3.37. The molecule has 0 saturated carbocycles. The Morgan fingerprint density at radius 1 is 1.30 bits per heavy atom. The van der Waals surface area contributed by atoms with Crippen molar-refractivity contribution in [2.45, 2.75) is 33.8 Å². The van der Waals surface area contributed by atoms with E-state index < -0.39 is 22.4 Å². The number of carbonyl (C=O) groups is 1. The van der Waals surface area contributed by atoms with Crippen LogP contribution in [0, 0.1) is 13.8 Å². The van der Waals surface area contributed by atoms with Crippen molar-refractivity contribution < 1.29 is 17.9 Å². The quantitative estimate of drug-likeness (QED) is 0.733. The second-order valence-electron chi connectivity index (χ2n) is 4.63. The Hall–Kier alpha value is -1.96. The maximum Gasteiger partial charge on any atom is 0.422 e. The van der Waals surface area contributed by atoms with Crippen LogP contribution in [-0.2, 0) is 14.9 Å². The predicted octanol–water partition coefficient (Wildman–Crippen LogP) is 1.68. The van der Waals surface area contributed by atoms with E-state index in [1.165, 1.54) is 0 Å². The van der Waals surface area contributed by atoms with Gasteiger partial charge in [-0.2, -0.15) is 8.42 Å². The van der Waals surface area contributed by atoms with Crippen molar-refractivity contribution in [2.75, 3.05) is 10.5 Å². The molecule has 0 heterocycles. The normalized spacial score (nSPS) is 11.2. The lowest BCUT2D eigenvalue weighted by Crippen LogP contribution is -2.37. The molecule has 0 fully saturated rings. The molecule has 4 N–H and O–H groups in total. The van der Waals surface area contributed by atoms with Gasteiger partial charge in [0.05, 0.1) is 17.5 Å². The number of ether oxygens (including phenoxy) is 1. The summed E-state index contributed by atoms with van der Waals surface area (Å²) in [5, 5.41) is 0. The maximum atomic E-state index is 11.8. The lowest BCUT2D eigenvalue weighted by atomic mass is 10.1. The number of hydrogen-bond donors (Lipinski definition) is 3. The first-order valence-corrected chi connectivity index (χ1v) is 7.47. The van der Waals surface area contributed by atoms with Crippen LogP contribution in [-0.4, -0.2) is 20.6 Å². The van der Waals surface area contributed by atoms with Crippen LogP contribution in [0.5, 0.6) is 0 Å². The summed E-state index contributed by atoms with van der Waals surface area (Å²) in [4.78, 5) is 11.3. The fourth-order valence-electron chi connectivity index (χ4n) is 1.48. The minimum Gasteiger partial charge on any atom is -0.446 e. The molecule has 8 heteroatoms. The van der Waals surface area contributed by atoms with E-state index in [0.29, 0.717) is 5.56 Å². The third-order valence-corrected chi connectivity index (χ3v) is 3.47. The van der Waals surface area contributed by atoms with E-state index in [1.807, 2.05) is 6.92 Å². The first kappa shape index (κ1) is 16.1. The minimum atomic E-state index is -4.10. The number of nitrogen functional groups attached to an aromatic ring is 1. The van der Waals surface area contributed by atoms with Gasteiger partial charge in [0.15, 0.2) is 0 Å². The lowest BCUT2D eigenvalue weighted by molar-refractivity contribution is 0.121. The van der Waals surface area contributed by atoms with Crippen molar-refractivity contribution in [3.05, 3.63) is 23.3 Å². The van der Waals surface area contributed by atoms with Gasteiger partial charge >= 0.3 is 16.3 Å². The van der Waals surface area contributed by atoms with Gasteiger partial charge in [0.25, 0.3) is 0 Å². The molecule has 1 aromatic carbocycles. The summed E-state index contributed by atoms with van der Waals surface area (Å²) in [6.45, 7) is 6.79. The number of carbonyl (C=O) groups excluding carboxylic acids is 1.